The highest BCUT2D eigenvalue weighted by molar-refractivity contribution is 5.94. The molecule has 34 heavy (non-hydrogen) atoms. The van der Waals surface area contributed by atoms with Gasteiger partial charge in [0.15, 0.2) is 0 Å². The summed E-state index contributed by atoms with van der Waals surface area (Å²) in [5.74, 6) is -4.22. The Morgan fingerprint density at radius 2 is 1.44 bits per heavy atom. The molecule has 0 aliphatic heterocycles. The van der Waals surface area contributed by atoms with Crippen molar-refractivity contribution in [2.75, 3.05) is 6.54 Å². The van der Waals surface area contributed by atoms with E-state index in [1.807, 2.05) is 13.8 Å². The van der Waals surface area contributed by atoms with Crippen molar-refractivity contribution >= 4 is 29.6 Å². The molecule has 0 bridgehead atoms. The van der Waals surface area contributed by atoms with Crippen molar-refractivity contribution in [3.63, 3.8) is 0 Å². The summed E-state index contributed by atoms with van der Waals surface area (Å²) in [6, 6.07) is -4.84. The maximum Gasteiger partial charge on any atom is 0.326 e. The fraction of sp³-hybridized carbons (Fsp3) is 0.762. The van der Waals surface area contributed by atoms with Gasteiger partial charge in [-0.05, 0) is 51.5 Å². The fourth-order valence-electron chi connectivity index (χ4n) is 3.12. The van der Waals surface area contributed by atoms with Gasteiger partial charge in [-0.3, -0.25) is 19.2 Å². The second-order valence-corrected chi connectivity index (χ2v) is 8.71. The van der Waals surface area contributed by atoms with E-state index in [1.54, 1.807) is 0 Å². The Morgan fingerprint density at radius 3 is 1.91 bits per heavy atom. The Bertz CT molecular complexity index is 701. The van der Waals surface area contributed by atoms with E-state index in [4.69, 9.17) is 17.2 Å². The van der Waals surface area contributed by atoms with Gasteiger partial charge in [-0.1, -0.05) is 13.8 Å². The van der Waals surface area contributed by atoms with E-state index in [9.17, 15) is 34.2 Å². The molecule has 0 spiro atoms. The summed E-state index contributed by atoms with van der Waals surface area (Å²) in [5.41, 5.74) is 16.4. The van der Waals surface area contributed by atoms with Crippen molar-refractivity contribution in [2.45, 2.75) is 89.6 Å². The van der Waals surface area contributed by atoms with Crippen molar-refractivity contribution < 1.29 is 34.2 Å². The van der Waals surface area contributed by atoms with Crippen LogP contribution in [0.2, 0.25) is 0 Å². The van der Waals surface area contributed by atoms with Crippen LogP contribution in [0.1, 0.15) is 59.3 Å². The summed E-state index contributed by atoms with van der Waals surface area (Å²) in [4.78, 5) is 60.4. The van der Waals surface area contributed by atoms with E-state index in [0.717, 1.165) is 0 Å². The van der Waals surface area contributed by atoms with Gasteiger partial charge in [0.25, 0.3) is 0 Å². The van der Waals surface area contributed by atoms with Crippen LogP contribution in [0.3, 0.4) is 0 Å². The molecule has 5 atom stereocenters. The van der Waals surface area contributed by atoms with Crippen molar-refractivity contribution in [3.05, 3.63) is 0 Å². The third kappa shape index (κ3) is 12.5. The molecule has 0 aliphatic carbocycles. The number of nitrogens with one attached hydrogen (secondary N) is 3. The lowest BCUT2D eigenvalue weighted by Crippen LogP contribution is -2.59. The second kappa shape index (κ2) is 16.0. The van der Waals surface area contributed by atoms with Crippen LogP contribution in [-0.2, 0) is 24.0 Å². The third-order valence-corrected chi connectivity index (χ3v) is 5.00. The van der Waals surface area contributed by atoms with Crippen LogP contribution in [0.25, 0.3) is 0 Å². The number of rotatable bonds is 17. The summed E-state index contributed by atoms with van der Waals surface area (Å²) in [5, 5.41) is 26.5. The minimum absolute atomic E-state index is 0.129. The van der Waals surface area contributed by atoms with Crippen LogP contribution in [0.4, 0.5) is 0 Å². The van der Waals surface area contributed by atoms with E-state index in [2.05, 4.69) is 16.0 Å². The normalized spacial score (nSPS) is 15.5. The summed E-state index contributed by atoms with van der Waals surface area (Å²) >= 11 is 0. The highest BCUT2D eigenvalue weighted by Gasteiger charge is 2.32. The number of carbonyl (C=O) groups excluding carboxylic acids is 4. The predicted molar refractivity (Wildman–Crippen MR) is 124 cm³/mol. The Labute approximate surface area is 199 Å². The number of unbranched alkanes of at least 4 members (excludes halogenated alkanes) is 1. The summed E-state index contributed by atoms with van der Waals surface area (Å²) in [6.45, 7) is 5.40. The van der Waals surface area contributed by atoms with Crippen molar-refractivity contribution in [1.82, 2.24) is 16.0 Å². The van der Waals surface area contributed by atoms with E-state index < -0.39 is 59.9 Å². The van der Waals surface area contributed by atoms with Gasteiger partial charge in [0, 0.05) is 6.42 Å². The Morgan fingerprint density at radius 1 is 0.853 bits per heavy atom. The van der Waals surface area contributed by atoms with E-state index in [1.165, 1.54) is 6.92 Å². The number of carboxylic acid groups (broad SMARTS) is 1. The first-order valence-electron chi connectivity index (χ1n) is 11.4. The quantitative estimate of drug-likeness (QED) is 0.102. The smallest absolute Gasteiger partial charge is 0.326 e. The minimum atomic E-state index is -1.39. The zero-order valence-corrected chi connectivity index (χ0v) is 20.1. The molecule has 0 aromatic heterocycles. The number of aliphatic hydroxyl groups is 1. The molecular formula is C21H40N6O7. The maximum absolute atomic E-state index is 12.8. The van der Waals surface area contributed by atoms with Crippen LogP contribution < -0.4 is 33.2 Å². The van der Waals surface area contributed by atoms with Gasteiger partial charge in [-0.2, -0.15) is 0 Å². The number of primary amides is 1. The van der Waals surface area contributed by atoms with Crippen LogP contribution in [0.5, 0.6) is 0 Å². The lowest BCUT2D eigenvalue weighted by atomic mass is 10.0. The fourth-order valence-corrected chi connectivity index (χ4v) is 3.12. The van der Waals surface area contributed by atoms with Gasteiger partial charge in [0.2, 0.25) is 23.6 Å². The number of carbonyl (C=O) groups is 5. The molecule has 0 saturated carbocycles. The molecule has 0 radical (unpaired) electrons. The molecule has 0 rings (SSSR count). The van der Waals surface area contributed by atoms with Crippen molar-refractivity contribution in [3.8, 4) is 0 Å². The number of hydrogen-bond acceptors (Lipinski definition) is 8. The van der Waals surface area contributed by atoms with E-state index in [0.29, 0.717) is 25.8 Å². The number of aliphatic hydroxyl groups excluding tert-OH is 1. The zero-order valence-electron chi connectivity index (χ0n) is 20.1. The standard InChI is InChI=1S/C21H40N6O7/c1-11(2)10-13(23)18(30)27-17(12(3)28)20(32)25-14(6-4-5-9-22)19(31)26-15(21(33)34)7-8-16(24)29/h11-15,17,28H,4-10,22-23H2,1-3H3,(H2,24,29)(H,25,32)(H,26,31)(H,27,30)(H,33,34). The molecule has 4 amide bonds. The average molecular weight is 489 g/mol. The third-order valence-electron chi connectivity index (χ3n) is 5.00. The molecule has 196 valence electrons. The number of carboxylic acids is 1. The predicted octanol–water partition coefficient (Wildman–Crippen LogP) is -2.33. The summed E-state index contributed by atoms with van der Waals surface area (Å²) < 4.78 is 0. The molecular weight excluding hydrogens is 448 g/mol. The van der Waals surface area contributed by atoms with Gasteiger partial charge in [0.1, 0.15) is 18.1 Å². The van der Waals surface area contributed by atoms with E-state index in [-0.39, 0.29) is 25.2 Å². The van der Waals surface area contributed by atoms with Gasteiger partial charge >= 0.3 is 5.97 Å². The Kier molecular flexibility index (Phi) is 14.7. The minimum Gasteiger partial charge on any atom is -0.480 e. The maximum atomic E-state index is 12.8. The van der Waals surface area contributed by atoms with Crippen LogP contribution in [-0.4, -0.2) is 76.6 Å². The Hall–Kier alpha value is -2.77. The summed E-state index contributed by atoms with van der Waals surface area (Å²) in [7, 11) is 0. The zero-order chi connectivity index (χ0) is 26.4. The molecule has 0 fully saturated rings. The number of nitrogens with two attached hydrogens (primary N) is 3. The molecule has 0 saturated heterocycles. The molecule has 5 unspecified atom stereocenters. The molecule has 11 N–H and O–H groups in total. The molecule has 0 aromatic rings. The van der Waals surface area contributed by atoms with Gasteiger partial charge in [-0.15, -0.1) is 0 Å². The molecule has 0 aromatic carbocycles. The van der Waals surface area contributed by atoms with Gasteiger partial charge < -0.3 is 43.4 Å². The molecule has 13 nitrogen and oxygen atoms in total. The molecule has 0 heterocycles. The lowest BCUT2D eigenvalue weighted by Gasteiger charge is -2.26. The lowest BCUT2D eigenvalue weighted by molar-refractivity contribution is -0.142. The van der Waals surface area contributed by atoms with Crippen LogP contribution in [0.15, 0.2) is 0 Å². The SMILES string of the molecule is CC(C)CC(N)C(=O)NC(C(=O)NC(CCCCN)C(=O)NC(CCC(N)=O)C(=O)O)C(C)O. The molecule has 0 aliphatic rings. The van der Waals surface area contributed by atoms with Crippen molar-refractivity contribution in [1.29, 1.82) is 0 Å². The Balaban J connectivity index is 5.44. The molecule has 13 heteroatoms. The van der Waals surface area contributed by atoms with E-state index >= 15 is 0 Å². The first-order valence-corrected chi connectivity index (χ1v) is 11.4. The van der Waals surface area contributed by atoms with Gasteiger partial charge in [-0.25, -0.2) is 4.79 Å². The first kappa shape index (κ1) is 31.2. The van der Waals surface area contributed by atoms with Crippen molar-refractivity contribution in [2.24, 2.45) is 23.1 Å². The van der Waals surface area contributed by atoms with Gasteiger partial charge in [0.05, 0.1) is 12.1 Å². The topological polar surface area (TPSA) is 240 Å². The van der Waals surface area contributed by atoms with Crippen LogP contribution in [0, 0.1) is 5.92 Å². The highest BCUT2D eigenvalue weighted by atomic mass is 16.4. The monoisotopic (exact) mass is 488 g/mol. The van der Waals surface area contributed by atoms with Crippen LogP contribution >= 0.6 is 0 Å². The number of amides is 4. The first-order chi connectivity index (χ1) is 15.8. The second-order valence-electron chi connectivity index (χ2n) is 8.71. The summed E-state index contributed by atoms with van der Waals surface area (Å²) in [6.07, 6.45) is -0.293. The highest BCUT2D eigenvalue weighted by Crippen LogP contribution is 2.07. The number of aliphatic carboxylic acids is 1. The number of hydrogen-bond donors (Lipinski definition) is 8. The largest absolute Gasteiger partial charge is 0.480 e. The average Bonchev–Trinajstić information content (AvgIpc) is 2.72.